The first-order valence-corrected chi connectivity index (χ1v) is 7.18. The van der Waals surface area contributed by atoms with Crippen molar-refractivity contribution in [2.24, 2.45) is 0 Å². The lowest BCUT2D eigenvalue weighted by Gasteiger charge is -2.16. The monoisotopic (exact) mass is 336 g/mol. The largest absolute Gasteiger partial charge is 0.418 e. The van der Waals surface area contributed by atoms with Crippen LogP contribution in [0.15, 0.2) is 36.7 Å². The van der Waals surface area contributed by atoms with E-state index in [-0.39, 0.29) is 11.1 Å². The third-order valence-electron chi connectivity index (χ3n) is 4.18. The number of aromatic nitrogens is 1. The Bertz CT molecular complexity index is 822. The minimum atomic E-state index is -4.83. The molecule has 1 saturated carbocycles. The molecule has 1 atom stereocenters. The molecule has 3 rings (SSSR count). The van der Waals surface area contributed by atoms with Crippen molar-refractivity contribution in [2.75, 3.05) is 0 Å². The first-order valence-electron chi connectivity index (χ1n) is 7.18. The van der Waals surface area contributed by atoms with Crippen molar-refractivity contribution in [1.29, 1.82) is 5.26 Å². The number of nitrogens with zero attached hydrogens (tertiary/aromatic N) is 2. The summed E-state index contributed by atoms with van der Waals surface area (Å²) in [5.74, 6) is -0.632. The summed E-state index contributed by atoms with van der Waals surface area (Å²) < 4.78 is 52.0. The summed E-state index contributed by atoms with van der Waals surface area (Å²) in [7, 11) is 0. The molecule has 1 aromatic heterocycles. The van der Waals surface area contributed by atoms with Crippen molar-refractivity contribution in [1.82, 2.24) is 4.98 Å². The average molecular weight is 336 g/mol. The van der Waals surface area contributed by atoms with E-state index >= 15 is 0 Å². The van der Waals surface area contributed by atoms with E-state index in [1.54, 1.807) is 0 Å². The summed E-state index contributed by atoms with van der Waals surface area (Å²) in [6.45, 7) is 0. The maximum Gasteiger partial charge on any atom is 0.418 e. The van der Waals surface area contributed by atoms with Gasteiger partial charge in [0.25, 0.3) is 0 Å². The summed E-state index contributed by atoms with van der Waals surface area (Å²) >= 11 is 0. The van der Waals surface area contributed by atoms with Crippen LogP contribution in [0, 0.1) is 17.1 Å². The predicted octanol–water partition coefficient (Wildman–Crippen LogP) is 4.04. The fraction of sp³-hybridized carbons (Fsp3) is 0.294. The first kappa shape index (κ1) is 16.4. The zero-order valence-electron chi connectivity index (χ0n) is 12.3. The molecule has 1 aromatic carbocycles. The van der Waals surface area contributed by atoms with Gasteiger partial charge in [-0.1, -0.05) is 6.07 Å². The summed E-state index contributed by atoms with van der Waals surface area (Å²) in [5, 5.41) is 18.6. The van der Waals surface area contributed by atoms with Crippen LogP contribution in [0.2, 0.25) is 0 Å². The van der Waals surface area contributed by atoms with Crippen LogP contribution in [0.4, 0.5) is 17.6 Å². The molecule has 3 nitrogen and oxygen atoms in total. The Labute approximate surface area is 135 Å². The number of aliphatic hydroxyl groups is 1. The number of benzene rings is 1. The van der Waals surface area contributed by atoms with Crippen molar-refractivity contribution in [3.8, 4) is 17.2 Å². The minimum Gasteiger partial charge on any atom is -0.379 e. The van der Waals surface area contributed by atoms with Gasteiger partial charge in [-0.3, -0.25) is 4.98 Å². The Morgan fingerprint density at radius 3 is 2.50 bits per heavy atom. The number of hydrogen-bond donors (Lipinski definition) is 1. The van der Waals surface area contributed by atoms with Gasteiger partial charge in [0.1, 0.15) is 5.82 Å². The van der Waals surface area contributed by atoms with Crippen molar-refractivity contribution in [3.63, 3.8) is 0 Å². The molecule has 1 aliphatic rings. The molecule has 124 valence electrons. The summed E-state index contributed by atoms with van der Waals surface area (Å²) in [4.78, 5) is 3.67. The van der Waals surface area contributed by atoms with Gasteiger partial charge in [-0.05, 0) is 36.6 Å². The molecule has 0 spiro atoms. The molecule has 1 aliphatic carbocycles. The fourth-order valence-electron chi connectivity index (χ4n) is 2.58. The van der Waals surface area contributed by atoms with Gasteiger partial charge in [0.2, 0.25) is 0 Å². The smallest absolute Gasteiger partial charge is 0.379 e. The van der Waals surface area contributed by atoms with Crippen molar-refractivity contribution in [2.45, 2.75) is 30.5 Å². The van der Waals surface area contributed by atoms with Crippen LogP contribution >= 0.6 is 0 Å². The number of halogens is 4. The highest BCUT2D eigenvalue weighted by molar-refractivity contribution is 5.66. The van der Waals surface area contributed by atoms with Gasteiger partial charge < -0.3 is 5.11 Å². The normalized spacial score (nSPS) is 17.2. The molecular formula is C17H12F4N2O. The van der Waals surface area contributed by atoms with Gasteiger partial charge in [-0.15, -0.1) is 0 Å². The molecule has 2 aromatic rings. The predicted molar refractivity (Wildman–Crippen MR) is 77.2 cm³/mol. The third-order valence-corrected chi connectivity index (χ3v) is 4.18. The lowest BCUT2D eigenvalue weighted by atomic mass is 9.93. The number of pyridine rings is 1. The molecule has 24 heavy (non-hydrogen) atoms. The highest BCUT2D eigenvalue weighted by atomic mass is 19.4. The van der Waals surface area contributed by atoms with Gasteiger partial charge in [-0.25, -0.2) is 4.39 Å². The molecule has 1 heterocycles. The van der Waals surface area contributed by atoms with Crippen LogP contribution in [0.1, 0.15) is 30.1 Å². The fourth-order valence-corrected chi connectivity index (χ4v) is 2.58. The van der Waals surface area contributed by atoms with E-state index in [9.17, 15) is 27.9 Å². The summed E-state index contributed by atoms with van der Waals surface area (Å²) in [6.07, 6.45) is -4.08. The summed E-state index contributed by atoms with van der Waals surface area (Å²) in [6, 6.07) is 7.41. The van der Waals surface area contributed by atoms with Crippen LogP contribution in [0.5, 0.6) is 0 Å². The second-order valence-electron chi connectivity index (χ2n) is 5.84. The number of hydrogen-bond acceptors (Lipinski definition) is 3. The standard InChI is InChI=1S/C17H12F4N2O/c18-14-2-1-12(16(9-22)3-4-16)6-13(14)10-5-11(8-23-7-10)15(24)17(19,20)21/h1-2,5-8,15,24H,3-4H2. The first-order chi connectivity index (χ1) is 11.3. The maximum atomic E-state index is 14.1. The minimum absolute atomic E-state index is 0.0535. The quantitative estimate of drug-likeness (QED) is 0.861. The Kier molecular flexibility index (Phi) is 3.80. The van der Waals surface area contributed by atoms with E-state index in [0.29, 0.717) is 18.4 Å². The van der Waals surface area contributed by atoms with E-state index in [1.165, 1.54) is 24.4 Å². The van der Waals surface area contributed by atoms with Gasteiger partial charge in [0.05, 0.1) is 11.5 Å². The maximum absolute atomic E-state index is 14.1. The Morgan fingerprint density at radius 1 is 1.21 bits per heavy atom. The molecule has 0 amide bonds. The molecule has 7 heteroatoms. The second-order valence-corrected chi connectivity index (χ2v) is 5.84. The van der Waals surface area contributed by atoms with Crippen LogP contribution in [0.25, 0.3) is 11.1 Å². The molecule has 0 radical (unpaired) electrons. The van der Waals surface area contributed by atoms with Crippen LogP contribution in [0.3, 0.4) is 0 Å². The summed E-state index contributed by atoms with van der Waals surface area (Å²) in [5.41, 5.74) is -0.310. The average Bonchev–Trinajstić information content (AvgIpc) is 3.35. The SMILES string of the molecule is N#CC1(c2ccc(F)c(-c3cncc(C(O)C(F)(F)F)c3)c2)CC1. The molecule has 0 aliphatic heterocycles. The van der Waals surface area contributed by atoms with Gasteiger partial charge in [0.15, 0.2) is 6.10 Å². The molecular weight excluding hydrogens is 324 g/mol. The third kappa shape index (κ3) is 2.85. The van der Waals surface area contributed by atoms with E-state index in [4.69, 9.17) is 0 Å². The number of alkyl halides is 3. The molecule has 1 N–H and O–H groups in total. The topological polar surface area (TPSA) is 56.9 Å². The lowest BCUT2D eigenvalue weighted by Crippen LogP contribution is -2.20. The van der Waals surface area contributed by atoms with Crippen LogP contribution in [-0.4, -0.2) is 16.3 Å². The van der Waals surface area contributed by atoms with E-state index in [1.807, 2.05) is 0 Å². The Balaban J connectivity index is 2.04. The Hall–Kier alpha value is -2.46. The van der Waals surface area contributed by atoms with Crippen molar-refractivity contribution < 1.29 is 22.7 Å². The molecule has 1 unspecified atom stereocenters. The zero-order chi connectivity index (χ0) is 17.5. The van der Waals surface area contributed by atoms with E-state index in [2.05, 4.69) is 11.1 Å². The van der Waals surface area contributed by atoms with Crippen LogP contribution in [-0.2, 0) is 5.41 Å². The number of aliphatic hydroxyl groups excluding tert-OH is 1. The van der Waals surface area contributed by atoms with E-state index in [0.717, 1.165) is 12.3 Å². The van der Waals surface area contributed by atoms with Crippen molar-refractivity contribution in [3.05, 3.63) is 53.6 Å². The van der Waals surface area contributed by atoms with Crippen molar-refractivity contribution >= 4 is 0 Å². The number of nitriles is 1. The van der Waals surface area contributed by atoms with Gasteiger partial charge >= 0.3 is 6.18 Å². The second kappa shape index (κ2) is 5.56. The van der Waals surface area contributed by atoms with Crippen LogP contribution < -0.4 is 0 Å². The van der Waals surface area contributed by atoms with Gasteiger partial charge in [-0.2, -0.15) is 18.4 Å². The van der Waals surface area contributed by atoms with Gasteiger partial charge in [0, 0.05) is 29.1 Å². The number of rotatable bonds is 3. The highest BCUT2D eigenvalue weighted by Gasteiger charge is 2.45. The molecule has 1 fully saturated rings. The van der Waals surface area contributed by atoms with E-state index < -0.39 is 29.1 Å². The molecule has 0 bridgehead atoms. The highest BCUT2D eigenvalue weighted by Crippen LogP contribution is 2.48. The lowest BCUT2D eigenvalue weighted by molar-refractivity contribution is -0.206. The zero-order valence-corrected chi connectivity index (χ0v) is 12.3. The Morgan fingerprint density at radius 2 is 1.92 bits per heavy atom. The molecule has 0 saturated heterocycles.